The topological polar surface area (TPSA) is 179 Å². The minimum absolute atomic E-state index is 0.136. The van der Waals surface area contributed by atoms with Crippen LogP contribution in [0.25, 0.3) is 0 Å². The zero-order chi connectivity index (χ0) is 30.5. The highest BCUT2D eigenvalue weighted by Crippen LogP contribution is 2.21. The first-order chi connectivity index (χ1) is 18.7. The predicted octanol–water partition coefficient (Wildman–Crippen LogP) is 3.34. The van der Waals surface area contributed by atoms with E-state index in [0.29, 0.717) is 31.2 Å². The molecule has 0 spiro atoms. The van der Waals surface area contributed by atoms with Crippen molar-refractivity contribution in [3.05, 3.63) is 35.9 Å². The number of nitrogens with zero attached hydrogens (tertiary/aromatic N) is 2. The molecule has 2 atom stereocenters. The number of hydrogen-bond acceptors (Lipinski definition) is 10. The van der Waals surface area contributed by atoms with E-state index in [2.05, 4.69) is 0 Å². The van der Waals surface area contributed by atoms with Crippen molar-refractivity contribution in [1.29, 1.82) is 0 Å². The van der Waals surface area contributed by atoms with Gasteiger partial charge >= 0.3 is 12.1 Å². The summed E-state index contributed by atoms with van der Waals surface area (Å²) in [5.41, 5.74) is 3.11. The third-order valence-corrected chi connectivity index (χ3v) is 7.64. The Bertz CT molecular complexity index is 1090. The van der Waals surface area contributed by atoms with Crippen LogP contribution in [0.3, 0.4) is 0 Å². The standard InChI is InChI=1S/C27H44N4O8S/c1-6-8-11-17-21(32)30(26(35)39-27(3,4)5)25(28)40(36,37)23(31(29)22(33)18-12-9-7-2)24(34)38-19-20-15-13-10-14-16-20/h10,13-16,23,25H,6-9,11-12,17-19,28-29H2,1-5H3. The van der Waals surface area contributed by atoms with Gasteiger partial charge in [-0.05, 0) is 39.2 Å². The van der Waals surface area contributed by atoms with E-state index >= 15 is 0 Å². The van der Waals surface area contributed by atoms with E-state index in [0.717, 1.165) is 12.8 Å². The van der Waals surface area contributed by atoms with Crippen molar-refractivity contribution < 1.29 is 37.1 Å². The number of carbonyl (C=O) groups excluding carboxylic acids is 4. The molecule has 0 aliphatic heterocycles. The van der Waals surface area contributed by atoms with E-state index in [1.54, 1.807) is 30.3 Å². The van der Waals surface area contributed by atoms with E-state index in [4.69, 9.17) is 21.1 Å². The van der Waals surface area contributed by atoms with Gasteiger partial charge < -0.3 is 9.47 Å². The van der Waals surface area contributed by atoms with Gasteiger partial charge in [0.2, 0.25) is 27.0 Å². The Hall–Kier alpha value is -3.03. The van der Waals surface area contributed by atoms with Crippen LogP contribution in [0.2, 0.25) is 0 Å². The first kappa shape index (κ1) is 35.0. The number of ether oxygens (including phenoxy) is 2. The molecule has 2 unspecified atom stereocenters. The van der Waals surface area contributed by atoms with Gasteiger partial charge in [-0.25, -0.2) is 28.7 Å². The number of esters is 1. The summed E-state index contributed by atoms with van der Waals surface area (Å²) in [4.78, 5) is 52.4. The fourth-order valence-corrected chi connectivity index (χ4v) is 5.11. The van der Waals surface area contributed by atoms with Crippen molar-refractivity contribution in [3.8, 4) is 0 Å². The number of hydrazine groups is 1. The molecule has 1 aromatic carbocycles. The molecular formula is C27H44N4O8S. The molecule has 0 saturated carbocycles. The molecule has 0 aromatic heterocycles. The largest absolute Gasteiger partial charge is 0.458 e. The van der Waals surface area contributed by atoms with E-state index in [1.807, 2.05) is 13.8 Å². The molecule has 40 heavy (non-hydrogen) atoms. The van der Waals surface area contributed by atoms with Crippen molar-refractivity contribution in [2.24, 2.45) is 11.6 Å². The number of sulfone groups is 1. The van der Waals surface area contributed by atoms with E-state index < -0.39 is 50.2 Å². The molecule has 226 valence electrons. The zero-order valence-corrected chi connectivity index (χ0v) is 24.9. The van der Waals surface area contributed by atoms with Crippen LogP contribution < -0.4 is 11.6 Å². The Labute approximate surface area is 237 Å². The van der Waals surface area contributed by atoms with Gasteiger partial charge in [0, 0.05) is 12.8 Å². The van der Waals surface area contributed by atoms with Gasteiger partial charge in [-0.2, -0.15) is 0 Å². The molecule has 0 aliphatic rings. The SMILES string of the molecule is CCCCCC(=O)N(N)C(C(=O)OCc1ccccc1)S(=O)(=O)C(N)N(C(=O)CCCCC)C(=O)OC(C)(C)C. The van der Waals surface area contributed by atoms with Crippen LogP contribution in [0.5, 0.6) is 0 Å². The number of benzene rings is 1. The molecule has 3 amide bonds. The maximum absolute atomic E-state index is 13.8. The highest BCUT2D eigenvalue weighted by molar-refractivity contribution is 7.93. The monoisotopic (exact) mass is 584 g/mol. The number of unbranched alkanes of at least 4 members (excludes halogenated alkanes) is 4. The van der Waals surface area contributed by atoms with Crippen LogP contribution in [0, 0.1) is 0 Å². The van der Waals surface area contributed by atoms with Crippen molar-refractivity contribution in [1.82, 2.24) is 9.91 Å². The number of amides is 3. The molecule has 13 heteroatoms. The van der Waals surface area contributed by atoms with Crippen molar-refractivity contribution in [2.45, 2.75) is 109 Å². The van der Waals surface area contributed by atoms with Crippen LogP contribution >= 0.6 is 0 Å². The third kappa shape index (κ3) is 10.9. The molecule has 0 bridgehead atoms. The Morgan fingerprint density at radius 3 is 1.93 bits per heavy atom. The minimum Gasteiger partial charge on any atom is -0.458 e. The summed E-state index contributed by atoms with van der Waals surface area (Å²) in [7, 11) is -5.07. The van der Waals surface area contributed by atoms with Gasteiger partial charge in [0.15, 0.2) is 5.50 Å². The number of hydrogen-bond donors (Lipinski definition) is 2. The Morgan fingerprint density at radius 1 is 0.900 bits per heavy atom. The van der Waals surface area contributed by atoms with Crippen molar-refractivity contribution >= 4 is 33.7 Å². The van der Waals surface area contributed by atoms with Crippen molar-refractivity contribution in [2.75, 3.05) is 0 Å². The molecular weight excluding hydrogens is 540 g/mol. The van der Waals surface area contributed by atoms with Crippen LogP contribution in [-0.2, 0) is 40.3 Å². The Kier molecular flexibility index (Phi) is 14.2. The second kappa shape index (κ2) is 16.3. The fraction of sp³-hybridized carbons (Fsp3) is 0.630. The van der Waals surface area contributed by atoms with Gasteiger partial charge in [-0.3, -0.25) is 20.3 Å². The molecule has 4 N–H and O–H groups in total. The number of imide groups is 1. The molecule has 0 aliphatic carbocycles. The average molecular weight is 585 g/mol. The summed E-state index contributed by atoms with van der Waals surface area (Å²) in [6.07, 6.45) is 2.01. The highest BCUT2D eigenvalue weighted by Gasteiger charge is 2.49. The molecule has 12 nitrogen and oxygen atoms in total. The van der Waals surface area contributed by atoms with Gasteiger partial charge in [0.05, 0.1) is 0 Å². The average Bonchev–Trinajstić information content (AvgIpc) is 2.87. The Balaban J connectivity index is 3.45. The molecule has 0 heterocycles. The van der Waals surface area contributed by atoms with E-state index in [1.165, 1.54) is 20.8 Å². The first-order valence-electron chi connectivity index (χ1n) is 13.5. The second-order valence-corrected chi connectivity index (χ2v) is 12.5. The molecule has 0 radical (unpaired) electrons. The van der Waals surface area contributed by atoms with Gasteiger partial charge in [-0.1, -0.05) is 69.9 Å². The summed E-state index contributed by atoms with van der Waals surface area (Å²) in [5, 5.41) is -2.17. The molecule has 1 rings (SSSR count). The lowest BCUT2D eigenvalue weighted by Gasteiger charge is -2.33. The van der Waals surface area contributed by atoms with E-state index in [-0.39, 0.29) is 29.4 Å². The first-order valence-corrected chi connectivity index (χ1v) is 15.1. The third-order valence-electron chi connectivity index (χ3n) is 5.72. The smallest absolute Gasteiger partial charge is 0.419 e. The maximum Gasteiger partial charge on any atom is 0.419 e. The number of carbonyl (C=O) groups is 4. The fourth-order valence-electron chi connectivity index (χ4n) is 3.58. The molecule has 1 aromatic rings. The van der Waals surface area contributed by atoms with Gasteiger partial charge in [0.1, 0.15) is 12.2 Å². The predicted molar refractivity (Wildman–Crippen MR) is 149 cm³/mol. The van der Waals surface area contributed by atoms with Gasteiger partial charge in [-0.15, -0.1) is 0 Å². The Morgan fingerprint density at radius 2 is 1.43 bits per heavy atom. The van der Waals surface area contributed by atoms with E-state index in [9.17, 15) is 27.6 Å². The second-order valence-electron chi connectivity index (χ2n) is 10.4. The zero-order valence-electron chi connectivity index (χ0n) is 24.1. The summed E-state index contributed by atoms with van der Waals surface area (Å²) < 4.78 is 38.1. The quantitative estimate of drug-likeness (QED) is 0.0775. The van der Waals surface area contributed by atoms with Crippen LogP contribution in [-0.4, -0.2) is 58.7 Å². The highest BCUT2D eigenvalue weighted by atomic mass is 32.2. The summed E-state index contributed by atoms with van der Waals surface area (Å²) >= 11 is 0. The lowest BCUT2D eigenvalue weighted by Crippen LogP contribution is -2.63. The minimum atomic E-state index is -5.07. The molecule has 0 saturated heterocycles. The van der Waals surface area contributed by atoms with Crippen LogP contribution in [0.1, 0.15) is 91.5 Å². The van der Waals surface area contributed by atoms with Crippen LogP contribution in [0.4, 0.5) is 4.79 Å². The summed E-state index contributed by atoms with van der Waals surface area (Å²) in [6.45, 7) is 8.11. The van der Waals surface area contributed by atoms with Crippen LogP contribution in [0.15, 0.2) is 30.3 Å². The van der Waals surface area contributed by atoms with Crippen molar-refractivity contribution in [3.63, 3.8) is 0 Å². The molecule has 0 fully saturated rings. The summed E-state index contributed by atoms with van der Waals surface area (Å²) in [5.74, 6) is 2.78. The number of rotatable bonds is 15. The number of nitrogens with two attached hydrogens (primary N) is 2. The summed E-state index contributed by atoms with van der Waals surface area (Å²) in [6, 6.07) is 8.44. The maximum atomic E-state index is 13.8. The normalized spacial score (nSPS) is 13.2. The van der Waals surface area contributed by atoms with Gasteiger partial charge in [0.25, 0.3) is 0 Å². The lowest BCUT2D eigenvalue weighted by atomic mass is 10.2. The lowest BCUT2D eigenvalue weighted by molar-refractivity contribution is -0.153.